The molecule has 14 heavy (non-hydrogen) atoms. The molecule has 3 heteroatoms. The fourth-order valence-corrected chi connectivity index (χ4v) is 2.74. The highest BCUT2D eigenvalue weighted by molar-refractivity contribution is 4.92. The molecule has 2 aliphatic rings. The maximum Gasteiger partial charge on any atom is 0.0601 e. The van der Waals surface area contributed by atoms with Crippen molar-refractivity contribution in [1.82, 2.24) is 5.32 Å². The van der Waals surface area contributed by atoms with Crippen molar-refractivity contribution < 1.29 is 4.74 Å². The quantitative estimate of drug-likeness (QED) is 0.705. The van der Waals surface area contributed by atoms with Crippen molar-refractivity contribution in [2.75, 3.05) is 13.7 Å². The van der Waals surface area contributed by atoms with Crippen LogP contribution in [-0.4, -0.2) is 31.8 Å². The largest absolute Gasteiger partial charge is 0.381 e. The van der Waals surface area contributed by atoms with Gasteiger partial charge < -0.3 is 15.8 Å². The van der Waals surface area contributed by atoms with E-state index in [1.54, 1.807) is 7.11 Å². The van der Waals surface area contributed by atoms with Crippen LogP contribution in [0.25, 0.3) is 0 Å². The van der Waals surface area contributed by atoms with E-state index in [0.717, 1.165) is 12.5 Å². The first-order valence-electron chi connectivity index (χ1n) is 5.82. The number of hydrogen-bond acceptors (Lipinski definition) is 3. The minimum absolute atomic E-state index is 0.505. The lowest BCUT2D eigenvalue weighted by molar-refractivity contribution is 0.0129. The van der Waals surface area contributed by atoms with Gasteiger partial charge in [-0.2, -0.15) is 0 Å². The molecule has 0 amide bonds. The fourth-order valence-electron chi connectivity index (χ4n) is 2.74. The summed E-state index contributed by atoms with van der Waals surface area (Å²) >= 11 is 0. The van der Waals surface area contributed by atoms with Gasteiger partial charge in [0.25, 0.3) is 0 Å². The molecule has 0 heterocycles. The molecule has 3 nitrogen and oxygen atoms in total. The van der Waals surface area contributed by atoms with E-state index in [9.17, 15) is 0 Å². The van der Waals surface area contributed by atoms with E-state index in [2.05, 4.69) is 5.32 Å². The predicted molar refractivity (Wildman–Crippen MR) is 57.1 cm³/mol. The van der Waals surface area contributed by atoms with Crippen molar-refractivity contribution in [3.05, 3.63) is 0 Å². The van der Waals surface area contributed by atoms with E-state index >= 15 is 0 Å². The molecule has 2 fully saturated rings. The standard InChI is InChI=1S/C11H22N2O/c1-14-10-5-9(6-10)13-11-4-2-3-8(11)7-12/h8-11,13H,2-7,12H2,1H3. The average Bonchev–Trinajstić information content (AvgIpc) is 2.57. The molecule has 2 atom stereocenters. The molecule has 0 saturated heterocycles. The number of hydrogen-bond donors (Lipinski definition) is 2. The van der Waals surface area contributed by atoms with Crippen LogP contribution in [0.5, 0.6) is 0 Å². The molecule has 0 aromatic rings. The van der Waals surface area contributed by atoms with Gasteiger partial charge in [-0.3, -0.25) is 0 Å². The van der Waals surface area contributed by atoms with Gasteiger partial charge in [0.2, 0.25) is 0 Å². The normalized spacial score (nSPS) is 42.4. The third kappa shape index (κ3) is 2.10. The Balaban J connectivity index is 1.70. The lowest BCUT2D eigenvalue weighted by Crippen LogP contribution is -2.50. The van der Waals surface area contributed by atoms with Crippen molar-refractivity contribution in [1.29, 1.82) is 0 Å². The Morgan fingerprint density at radius 1 is 1.36 bits per heavy atom. The van der Waals surface area contributed by atoms with Crippen molar-refractivity contribution in [2.45, 2.75) is 50.3 Å². The summed E-state index contributed by atoms with van der Waals surface area (Å²) in [6, 6.07) is 1.37. The van der Waals surface area contributed by atoms with E-state index in [0.29, 0.717) is 18.2 Å². The summed E-state index contributed by atoms with van der Waals surface area (Å²) in [6.45, 7) is 0.845. The van der Waals surface area contributed by atoms with E-state index < -0.39 is 0 Å². The Hall–Kier alpha value is -0.120. The van der Waals surface area contributed by atoms with E-state index in [1.807, 2.05) is 0 Å². The predicted octanol–water partition coefficient (Wildman–Crippen LogP) is 0.881. The van der Waals surface area contributed by atoms with Crippen LogP contribution in [0, 0.1) is 5.92 Å². The van der Waals surface area contributed by atoms with Crippen molar-refractivity contribution >= 4 is 0 Å². The third-order valence-electron chi connectivity index (χ3n) is 3.84. The fraction of sp³-hybridized carbons (Fsp3) is 1.00. The summed E-state index contributed by atoms with van der Waals surface area (Å²) in [6.07, 6.45) is 6.85. The molecule has 2 aliphatic carbocycles. The number of methoxy groups -OCH3 is 1. The van der Waals surface area contributed by atoms with Gasteiger partial charge >= 0.3 is 0 Å². The van der Waals surface area contributed by atoms with Gasteiger partial charge in [-0.05, 0) is 38.1 Å². The molecule has 0 aliphatic heterocycles. The van der Waals surface area contributed by atoms with Gasteiger partial charge in [0.1, 0.15) is 0 Å². The molecular weight excluding hydrogens is 176 g/mol. The SMILES string of the molecule is COC1CC(NC2CCCC2CN)C1. The Morgan fingerprint density at radius 2 is 2.14 bits per heavy atom. The lowest BCUT2D eigenvalue weighted by atomic mass is 9.87. The van der Waals surface area contributed by atoms with Gasteiger partial charge in [-0.1, -0.05) is 6.42 Å². The van der Waals surface area contributed by atoms with Gasteiger partial charge in [0.15, 0.2) is 0 Å². The summed E-state index contributed by atoms with van der Waals surface area (Å²) < 4.78 is 5.27. The van der Waals surface area contributed by atoms with Crippen LogP contribution in [0.4, 0.5) is 0 Å². The van der Waals surface area contributed by atoms with Crippen LogP contribution in [-0.2, 0) is 4.74 Å². The molecule has 0 radical (unpaired) electrons. The van der Waals surface area contributed by atoms with Crippen LogP contribution in [0.15, 0.2) is 0 Å². The smallest absolute Gasteiger partial charge is 0.0601 e. The van der Waals surface area contributed by atoms with Crippen molar-refractivity contribution in [3.8, 4) is 0 Å². The Morgan fingerprint density at radius 3 is 2.79 bits per heavy atom. The molecule has 2 rings (SSSR count). The summed E-state index contributed by atoms with van der Waals surface area (Å²) in [5.74, 6) is 0.719. The molecule has 0 aromatic heterocycles. The highest BCUT2D eigenvalue weighted by Gasteiger charge is 2.34. The molecule has 3 N–H and O–H groups in total. The van der Waals surface area contributed by atoms with Crippen LogP contribution in [0.3, 0.4) is 0 Å². The zero-order valence-electron chi connectivity index (χ0n) is 9.04. The zero-order chi connectivity index (χ0) is 9.97. The maximum absolute atomic E-state index is 5.75. The second-order valence-electron chi connectivity index (χ2n) is 4.73. The molecule has 82 valence electrons. The first-order chi connectivity index (χ1) is 6.83. The third-order valence-corrected chi connectivity index (χ3v) is 3.84. The van der Waals surface area contributed by atoms with Gasteiger partial charge in [0.05, 0.1) is 6.10 Å². The van der Waals surface area contributed by atoms with Crippen LogP contribution in [0.1, 0.15) is 32.1 Å². The first kappa shape index (κ1) is 10.4. The highest BCUT2D eigenvalue weighted by Crippen LogP contribution is 2.29. The lowest BCUT2D eigenvalue weighted by Gasteiger charge is -2.37. The van der Waals surface area contributed by atoms with Crippen LogP contribution >= 0.6 is 0 Å². The Kier molecular flexibility index (Phi) is 3.42. The molecule has 0 bridgehead atoms. The first-order valence-corrected chi connectivity index (χ1v) is 5.82. The second kappa shape index (κ2) is 4.60. The van der Waals surface area contributed by atoms with Gasteiger partial charge in [-0.15, -0.1) is 0 Å². The molecular formula is C11H22N2O. The monoisotopic (exact) mass is 198 g/mol. The van der Waals surface area contributed by atoms with E-state index in [1.165, 1.54) is 32.1 Å². The van der Waals surface area contributed by atoms with Crippen LogP contribution < -0.4 is 11.1 Å². The number of nitrogens with two attached hydrogens (primary N) is 1. The van der Waals surface area contributed by atoms with E-state index in [4.69, 9.17) is 10.5 Å². The van der Waals surface area contributed by atoms with Crippen LogP contribution in [0.2, 0.25) is 0 Å². The minimum atomic E-state index is 0.505. The minimum Gasteiger partial charge on any atom is -0.381 e. The van der Waals surface area contributed by atoms with Gasteiger partial charge in [-0.25, -0.2) is 0 Å². The zero-order valence-corrected chi connectivity index (χ0v) is 9.04. The number of nitrogens with one attached hydrogen (secondary N) is 1. The summed E-state index contributed by atoms with van der Waals surface area (Å²) in [7, 11) is 1.80. The summed E-state index contributed by atoms with van der Waals surface area (Å²) in [4.78, 5) is 0. The molecule has 0 aromatic carbocycles. The van der Waals surface area contributed by atoms with Crippen molar-refractivity contribution in [3.63, 3.8) is 0 Å². The van der Waals surface area contributed by atoms with Crippen molar-refractivity contribution in [2.24, 2.45) is 11.7 Å². The Labute approximate surface area is 86.4 Å². The molecule has 2 unspecified atom stereocenters. The Bertz CT molecular complexity index is 180. The number of ether oxygens (including phenoxy) is 1. The topological polar surface area (TPSA) is 47.3 Å². The van der Waals surface area contributed by atoms with Gasteiger partial charge in [0, 0.05) is 19.2 Å². The molecule has 0 spiro atoms. The number of rotatable bonds is 4. The summed E-state index contributed by atoms with van der Waals surface area (Å²) in [5, 5.41) is 3.72. The van der Waals surface area contributed by atoms with E-state index in [-0.39, 0.29) is 0 Å². The highest BCUT2D eigenvalue weighted by atomic mass is 16.5. The maximum atomic E-state index is 5.75. The summed E-state index contributed by atoms with van der Waals surface area (Å²) in [5.41, 5.74) is 5.75. The average molecular weight is 198 g/mol. The second-order valence-corrected chi connectivity index (χ2v) is 4.73. The molecule has 2 saturated carbocycles.